The zero-order chi connectivity index (χ0) is 13.9. The molecule has 1 aromatic rings. The van der Waals surface area contributed by atoms with E-state index in [1.807, 2.05) is 0 Å². The van der Waals surface area contributed by atoms with E-state index in [2.05, 4.69) is 4.74 Å². The van der Waals surface area contributed by atoms with E-state index in [1.165, 1.54) is 0 Å². The van der Waals surface area contributed by atoms with Crippen molar-refractivity contribution in [3.05, 3.63) is 34.4 Å². The molecule has 0 heterocycles. The molecule has 0 fully saturated rings. The summed E-state index contributed by atoms with van der Waals surface area (Å²) < 4.78 is 43.1. The summed E-state index contributed by atoms with van der Waals surface area (Å²) in [5.74, 6) is -1.65. The van der Waals surface area contributed by atoms with Crippen LogP contribution in [0.25, 0.3) is 0 Å². The molecule has 0 saturated carbocycles. The van der Waals surface area contributed by atoms with E-state index in [9.17, 15) is 18.0 Å². The second-order valence-corrected chi connectivity index (χ2v) is 3.52. The van der Waals surface area contributed by atoms with E-state index < -0.39 is 34.7 Å². The van der Waals surface area contributed by atoms with E-state index in [0.29, 0.717) is 0 Å². The summed E-state index contributed by atoms with van der Waals surface area (Å²) >= 11 is 5.44. The van der Waals surface area contributed by atoms with Gasteiger partial charge in [-0.1, -0.05) is 0 Å². The van der Waals surface area contributed by atoms with Crippen LogP contribution in [0.1, 0.15) is 27.0 Å². The number of nitriles is 1. The lowest BCUT2D eigenvalue weighted by Crippen LogP contribution is -2.17. The summed E-state index contributed by atoms with van der Waals surface area (Å²) in [5.41, 5.74) is -2.51. The van der Waals surface area contributed by atoms with Gasteiger partial charge in [0.05, 0.1) is 29.9 Å². The maximum absolute atomic E-state index is 12.9. The Morgan fingerprint density at radius 1 is 1.50 bits per heavy atom. The number of halogens is 4. The van der Waals surface area contributed by atoms with Crippen molar-refractivity contribution in [3.8, 4) is 6.07 Å². The van der Waals surface area contributed by atoms with Gasteiger partial charge in [0.2, 0.25) is 0 Å². The molecule has 0 aliphatic rings. The van der Waals surface area contributed by atoms with E-state index >= 15 is 0 Å². The molecule has 0 saturated heterocycles. The maximum atomic E-state index is 12.9. The minimum Gasteiger partial charge on any atom is -0.465 e. The quantitative estimate of drug-likeness (QED) is 0.616. The average molecular weight is 278 g/mol. The minimum atomic E-state index is -4.79. The Morgan fingerprint density at radius 3 is 2.50 bits per heavy atom. The van der Waals surface area contributed by atoms with Gasteiger partial charge < -0.3 is 4.74 Å². The van der Waals surface area contributed by atoms with Crippen molar-refractivity contribution < 1.29 is 22.7 Å². The van der Waals surface area contributed by atoms with Crippen LogP contribution in [0.4, 0.5) is 13.2 Å². The molecule has 0 unspecified atom stereocenters. The normalized spacial score (nSPS) is 10.9. The van der Waals surface area contributed by atoms with Gasteiger partial charge in [-0.25, -0.2) is 4.79 Å². The van der Waals surface area contributed by atoms with Crippen LogP contribution in [0.15, 0.2) is 12.1 Å². The molecule has 7 heteroatoms. The van der Waals surface area contributed by atoms with Crippen LogP contribution < -0.4 is 0 Å². The van der Waals surface area contributed by atoms with Crippen LogP contribution in [-0.2, 0) is 16.8 Å². The predicted molar refractivity (Wildman–Crippen MR) is 57.1 cm³/mol. The van der Waals surface area contributed by atoms with Crippen LogP contribution in [0, 0.1) is 11.3 Å². The summed E-state index contributed by atoms with van der Waals surface area (Å²) in [7, 11) is 0.973. The molecule has 0 spiro atoms. The molecule has 0 radical (unpaired) electrons. The van der Waals surface area contributed by atoms with E-state index in [4.69, 9.17) is 16.9 Å². The second-order valence-electron chi connectivity index (χ2n) is 3.25. The summed E-state index contributed by atoms with van der Waals surface area (Å²) in [6.07, 6.45) is -4.79. The van der Waals surface area contributed by atoms with Gasteiger partial charge in [0.1, 0.15) is 0 Å². The van der Waals surface area contributed by atoms with Gasteiger partial charge in [0, 0.05) is 5.88 Å². The Kier molecular flexibility index (Phi) is 4.19. The number of benzene rings is 1. The van der Waals surface area contributed by atoms with Crippen molar-refractivity contribution in [2.45, 2.75) is 12.1 Å². The number of carbonyl (C=O) groups excluding carboxylic acids is 1. The lowest BCUT2D eigenvalue weighted by molar-refractivity contribution is -0.138. The Balaban J connectivity index is 3.67. The lowest BCUT2D eigenvalue weighted by atomic mass is 9.97. The van der Waals surface area contributed by atoms with Gasteiger partial charge in [0.25, 0.3) is 0 Å². The van der Waals surface area contributed by atoms with Crippen molar-refractivity contribution >= 4 is 17.6 Å². The van der Waals surface area contributed by atoms with E-state index in [-0.39, 0.29) is 5.56 Å². The van der Waals surface area contributed by atoms with Crippen LogP contribution in [-0.4, -0.2) is 13.1 Å². The first-order valence-electron chi connectivity index (χ1n) is 4.64. The number of esters is 1. The number of hydrogen-bond donors (Lipinski definition) is 0. The van der Waals surface area contributed by atoms with Gasteiger partial charge in [-0.05, 0) is 17.7 Å². The number of hydrogen-bond acceptors (Lipinski definition) is 3. The molecule has 1 rings (SSSR count). The van der Waals surface area contributed by atoms with Crippen molar-refractivity contribution in [3.63, 3.8) is 0 Å². The van der Waals surface area contributed by atoms with Gasteiger partial charge >= 0.3 is 12.1 Å². The molecule has 0 aromatic heterocycles. The lowest BCUT2D eigenvalue weighted by Gasteiger charge is -2.16. The molecule has 0 amide bonds. The molecule has 96 valence electrons. The number of alkyl halides is 4. The van der Waals surface area contributed by atoms with Gasteiger partial charge in [-0.3, -0.25) is 0 Å². The first kappa shape index (κ1) is 14.3. The highest BCUT2D eigenvalue weighted by Crippen LogP contribution is 2.37. The fraction of sp³-hybridized carbons (Fsp3) is 0.273. The maximum Gasteiger partial charge on any atom is 0.417 e. The molecule has 0 bridgehead atoms. The fourth-order valence-electron chi connectivity index (χ4n) is 1.50. The molecule has 0 aliphatic heterocycles. The van der Waals surface area contributed by atoms with E-state index in [0.717, 1.165) is 19.2 Å². The molecule has 0 atom stereocenters. The fourth-order valence-corrected chi connectivity index (χ4v) is 1.77. The molecule has 3 nitrogen and oxygen atoms in total. The number of carbonyl (C=O) groups is 1. The van der Waals surface area contributed by atoms with Crippen LogP contribution in [0.3, 0.4) is 0 Å². The molecule has 0 aliphatic carbocycles. The molecular formula is C11H7ClF3NO2. The van der Waals surface area contributed by atoms with Gasteiger partial charge in [-0.2, -0.15) is 18.4 Å². The van der Waals surface area contributed by atoms with E-state index in [1.54, 1.807) is 6.07 Å². The highest BCUT2D eigenvalue weighted by Gasteiger charge is 2.39. The zero-order valence-electron chi connectivity index (χ0n) is 9.14. The highest BCUT2D eigenvalue weighted by molar-refractivity contribution is 6.17. The van der Waals surface area contributed by atoms with Crippen molar-refractivity contribution in [2.24, 2.45) is 0 Å². The third kappa shape index (κ3) is 2.57. The first-order valence-corrected chi connectivity index (χ1v) is 5.17. The van der Waals surface area contributed by atoms with Crippen molar-refractivity contribution in [1.82, 2.24) is 0 Å². The average Bonchev–Trinajstić information content (AvgIpc) is 2.34. The Hall–Kier alpha value is -1.74. The van der Waals surface area contributed by atoms with Crippen LogP contribution >= 0.6 is 11.6 Å². The Morgan fingerprint density at radius 2 is 2.11 bits per heavy atom. The van der Waals surface area contributed by atoms with Crippen LogP contribution in [0.2, 0.25) is 0 Å². The standard InChI is InChI=1S/C11H7ClF3NO2/c1-18-10(17)7-3-2-6(5-16)8(4-12)9(7)11(13,14)15/h2-3H,4H2,1H3. The molecule has 18 heavy (non-hydrogen) atoms. The predicted octanol–water partition coefficient (Wildman–Crippen LogP) is 3.10. The SMILES string of the molecule is COC(=O)c1ccc(C#N)c(CCl)c1C(F)(F)F. The molecule has 1 aromatic carbocycles. The largest absolute Gasteiger partial charge is 0.465 e. The zero-order valence-corrected chi connectivity index (χ0v) is 9.89. The smallest absolute Gasteiger partial charge is 0.417 e. The monoisotopic (exact) mass is 277 g/mol. The van der Waals surface area contributed by atoms with Crippen molar-refractivity contribution in [1.29, 1.82) is 5.26 Å². The summed E-state index contributed by atoms with van der Waals surface area (Å²) in [4.78, 5) is 11.3. The third-order valence-electron chi connectivity index (χ3n) is 2.26. The number of rotatable bonds is 2. The highest BCUT2D eigenvalue weighted by atomic mass is 35.5. The summed E-state index contributed by atoms with van der Waals surface area (Å²) in [5, 5.41) is 8.73. The Bertz CT molecular complexity index is 520. The minimum absolute atomic E-state index is 0.218. The topological polar surface area (TPSA) is 50.1 Å². The number of methoxy groups -OCH3 is 1. The molecule has 0 N–H and O–H groups in total. The first-order chi connectivity index (χ1) is 8.36. The number of ether oxygens (including phenoxy) is 1. The summed E-state index contributed by atoms with van der Waals surface area (Å²) in [6.45, 7) is 0. The summed E-state index contributed by atoms with van der Waals surface area (Å²) in [6, 6.07) is 3.62. The van der Waals surface area contributed by atoms with Gasteiger partial charge in [-0.15, -0.1) is 11.6 Å². The molecular weight excluding hydrogens is 271 g/mol. The van der Waals surface area contributed by atoms with Crippen molar-refractivity contribution in [2.75, 3.05) is 7.11 Å². The Labute approximate surface area is 106 Å². The van der Waals surface area contributed by atoms with Crippen LogP contribution in [0.5, 0.6) is 0 Å². The van der Waals surface area contributed by atoms with Gasteiger partial charge in [0.15, 0.2) is 0 Å². The third-order valence-corrected chi connectivity index (χ3v) is 2.52. The number of nitrogens with zero attached hydrogens (tertiary/aromatic N) is 1. The second kappa shape index (κ2) is 5.27.